The molecule has 0 aliphatic rings. The van der Waals surface area contributed by atoms with Crippen LogP contribution in [0.15, 0.2) is 145 Å². The smallest absolute Gasteiger partial charge is 0.178 e. The van der Waals surface area contributed by atoms with E-state index >= 15 is 0 Å². The van der Waals surface area contributed by atoms with Gasteiger partial charge in [0, 0.05) is 29.5 Å². The van der Waals surface area contributed by atoms with Gasteiger partial charge in [-0.05, 0) is 105 Å². The minimum absolute atomic E-state index is 0.148. The number of unbranched alkanes of at least 4 members (excludes halogenated alkanes) is 1. The summed E-state index contributed by atoms with van der Waals surface area (Å²) in [6.07, 6.45) is 1.47. The van der Waals surface area contributed by atoms with E-state index in [9.17, 15) is 8.42 Å². The van der Waals surface area contributed by atoms with Crippen LogP contribution in [-0.4, -0.2) is 27.3 Å². The molecule has 0 unspecified atom stereocenters. The van der Waals surface area contributed by atoms with E-state index in [4.69, 9.17) is 0 Å². The number of anilines is 1. The molecule has 0 amide bonds. The van der Waals surface area contributed by atoms with E-state index < -0.39 is 9.84 Å². The molecule has 0 radical (unpaired) electrons. The quantitative estimate of drug-likeness (QED) is 0.120. The van der Waals surface area contributed by atoms with Gasteiger partial charge in [-0.25, -0.2) is 8.42 Å². The van der Waals surface area contributed by atoms with Crippen LogP contribution in [0.25, 0.3) is 10.8 Å². The van der Waals surface area contributed by atoms with E-state index in [1.54, 1.807) is 36.4 Å². The van der Waals surface area contributed by atoms with Gasteiger partial charge in [0.05, 0.1) is 44.8 Å². The van der Waals surface area contributed by atoms with Crippen LogP contribution in [0.1, 0.15) is 33.6 Å². The summed E-state index contributed by atoms with van der Waals surface area (Å²) in [5.74, 6) is 0.148. The SMILES string of the molecule is CCCCS(=O)(=O)c1ccc(N=Nc2ccc(N=Nc3ccc(N=Nc4ccc(N(CC)CC)cc4)c4ccccc34)cc2)cc1. The third-order valence-corrected chi connectivity index (χ3v) is 9.31. The standard InChI is InChI=1S/C36H37N7O2S/c1-4-7-26-46(44,45)32-22-18-30(19-23-32)38-37-27-12-14-28(15-13-27)39-41-35-24-25-36(34-11-9-8-10-33(34)35)42-40-29-16-20-31(21-17-29)43(5-2)6-3/h8-25H,4-7,26H2,1-3H3. The molecule has 5 rings (SSSR count). The van der Waals surface area contributed by atoms with Gasteiger partial charge < -0.3 is 4.90 Å². The Morgan fingerprint density at radius 2 is 0.935 bits per heavy atom. The fourth-order valence-corrected chi connectivity index (χ4v) is 6.31. The van der Waals surface area contributed by atoms with Crippen molar-refractivity contribution in [1.29, 1.82) is 0 Å². The molecule has 0 aliphatic heterocycles. The van der Waals surface area contributed by atoms with Crippen LogP contribution >= 0.6 is 0 Å². The Kier molecular flexibility index (Phi) is 10.7. The first-order valence-corrected chi connectivity index (χ1v) is 17.1. The topological polar surface area (TPSA) is 112 Å². The van der Waals surface area contributed by atoms with Crippen LogP contribution in [0.2, 0.25) is 0 Å². The first-order chi connectivity index (χ1) is 22.4. The highest BCUT2D eigenvalue weighted by Gasteiger charge is 2.13. The highest BCUT2D eigenvalue weighted by molar-refractivity contribution is 7.91. The fraction of sp³-hybridized carbons (Fsp3) is 0.222. The predicted molar refractivity (Wildman–Crippen MR) is 186 cm³/mol. The number of fused-ring (bicyclic) bond motifs is 1. The van der Waals surface area contributed by atoms with E-state index in [0.717, 1.165) is 47.3 Å². The van der Waals surface area contributed by atoms with Crippen molar-refractivity contribution in [3.05, 3.63) is 109 Å². The molecule has 0 spiro atoms. The second-order valence-corrected chi connectivity index (χ2v) is 12.7. The second kappa shape index (κ2) is 15.3. The number of hydrogen-bond donors (Lipinski definition) is 0. The van der Waals surface area contributed by atoms with Crippen molar-refractivity contribution in [3.8, 4) is 0 Å². The molecule has 46 heavy (non-hydrogen) atoms. The van der Waals surface area contributed by atoms with Crippen molar-refractivity contribution < 1.29 is 8.42 Å². The monoisotopic (exact) mass is 631 g/mol. The summed E-state index contributed by atoms with van der Waals surface area (Å²) in [5, 5.41) is 28.4. The molecule has 10 heteroatoms. The zero-order valence-corrected chi connectivity index (χ0v) is 27.1. The normalized spacial score (nSPS) is 12.2. The second-order valence-electron chi connectivity index (χ2n) is 10.6. The molecule has 0 saturated heterocycles. The van der Waals surface area contributed by atoms with Crippen LogP contribution in [0, 0.1) is 0 Å². The van der Waals surface area contributed by atoms with Crippen LogP contribution in [0.5, 0.6) is 0 Å². The molecule has 0 saturated carbocycles. The molecule has 5 aromatic rings. The molecular weight excluding hydrogens is 595 g/mol. The Balaban J connectivity index is 1.26. The largest absolute Gasteiger partial charge is 0.372 e. The Morgan fingerprint density at radius 1 is 0.522 bits per heavy atom. The van der Waals surface area contributed by atoms with Gasteiger partial charge in [-0.2, -0.15) is 20.5 Å². The number of hydrogen-bond acceptors (Lipinski definition) is 9. The number of sulfone groups is 1. The van der Waals surface area contributed by atoms with Crippen LogP contribution < -0.4 is 4.90 Å². The summed E-state index contributed by atoms with van der Waals surface area (Å²) in [5.41, 5.74) is 5.32. The van der Waals surface area contributed by atoms with Crippen molar-refractivity contribution in [1.82, 2.24) is 0 Å². The Labute approximate surface area is 270 Å². The fourth-order valence-electron chi connectivity index (χ4n) is 4.86. The van der Waals surface area contributed by atoms with E-state index in [1.807, 2.05) is 67.6 Å². The Bertz CT molecular complexity index is 1950. The Hall–Kier alpha value is -5.09. The lowest BCUT2D eigenvalue weighted by Crippen LogP contribution is -2.21. The molecule has 0 aromatic heterocycles. The maximum atomic E-state index is 12.4. The highest BCUT2D eigenvalue weighted by Crippen LogP contribution is 2.35. The van der Waals surface area contributed by atoms with Crippen molar-refractivity contribution in [2.75, 3.05) is 23.7 Å². The van der Waals surface area contributed by atoms with E-state index in [-0.39, 0.29) is 5.75 Å². The minimum atomic E-state index is -3.27. The third-order valence-electron chi connectivity index (χ3n) is 7.50. The zero-order chi connectivity index (χ0) is 32.4. The highest BCUT2D eigenvalue weighted by atomic mass is 32.2. The average molecular weight is 632 g/mol. The van der Waals surface area contributed by atoms with Gasteiger partial charge in [0.1, 0.15) is 0 Å². The van der Waals surface area contributed by atoms with Crippen molar-refractivity contribution >= 4 is 60.4 Å². The lowest BCUT2D eigenvalue weighted by atomic mass is 10.1. The third kappa shape index (κ3) is 8.13. The molecule has 234 valence electrons. The first kappa shape index (κ1) is 32.3. The van der Waals surface area contributed by atoms with Crippen LogP contribution in [-0.2, 0) is 9.84 Å². The van der Waals surface area contributed by atoms with Gasteiger partial charge in [0.2, 0.25) is 0 Å². The van der Waals surface area contributed by atoms with Crippen molar-refractivity contribution in [2.24, 2.45) is 30.7 Å². The first-order valence-electron chi connectivity index (χ1n) is 15.4. The number of nitrogens with zero attached hydrogens (tertiary/aromatic N) is 7. The van der Waals surface area contributed by atoms with E-state index in [0.29, 0.717) is 28.4 Å². The molecule has 0 aliphatic carbocycles. The molecule has 9 nitrogen and oxygen atoms in total. The summed E-state index contributed by atoms with van der Waals surface area (Å²) in [4.78, 5) is 2.59. The lowest BCUT2D eigenvalue weighted by Gasteiger charge is -2.20. The summed E-state index contributed by atoms with van der Waals surface area (Å²) < 4.78 is 24.7. The van der Waals surface area contributed by atoms with Gasteiger partial charge in [-0.1, -0.05) is 37.6 Å². The molecule has 0 heterocycles. The number of benzene rings is 5. The van der Waals surface area contributed by atoms with Gasteiger partial charge in [0.15, 0.2) is 9.84 Å². The van der Waals surface area contributed by atoms with Crippen LogP contribution in [0.4, 0.5) is 39.8 Å². The zero-order valence-electron chi connectivity index (χ0n) is 26.3. The molecule has 0 atom stereocenters. The lowest BCUT2D eigenvalue weighted by molar-refractivity contribution is 0.592. The summed E-state index contributed by atoms with van der Waals surface area (Å²) in [7, 11) is -3.27. The molecule has 0 bridgehead atoms. The summed E-state index contributed by atoms with van der Waals surface area (Å²) >= 11 is 0. The molecule has 5 aromatic carbocycles. The maximum absolute atomic E-state index is 12.4. The minimum Gasteiger partial charge on any atom is -0.372 e. The van der Waals surface area contributed by atoms with Gasteiger partial charge in [-0.15, -0.1) is 10.2 Å². The number of rotatable bonds is 13. The van der Waals surface area contributed by atoms with E-state index in [1.165, 1.54) is 5.69 Å². The molecule has 0 fully saturated rings. The van der Waals surface area contributed by atoms with Crippen molar-refractivity contribution in [2.45, 2.75) is 38.5 Å². The van der Waals surface area contributed by atoms with Crippen molar-refractivity contribution in [3.63, 3.8) is 0 Å². The average Bonchev–Trinajstić information content (AvgIpc) is 3.10. The maximum Gasteiger partial charge on any atom is 0.178 e. The Morgan fingerprint density at radius 3 is 1.37 bits per heavy atom. The van der Waals surface area contributed by atoms with Gasteiger partial charge >= 0.3 is 0 Å². The van der Waals surface area contributed by atoms with Gasteiger partial charge in [0.25, 0.3) is 0 Å². The summed E-state index contributed by atoms with van der Waals surface area (Å²) in [6.45, 7) is 8.17. The van der Waals surface area contributed by atoms with Gasteiger partial charge in [-0.3, -0.25) is 0 Å². The van der Waals surface area contributed by atoms with E-state index in [2.05, 4.69) is 61.6 Å². The predicted octanol–water partition coefficient (Wildman–Crippen LogP) is 11.5. The van der Waals surface area contributed by atoms with Crippen LogP contribution in [0.3, 0.4) is 0 Å². The number of azo groups is 3. The summed E-state index contributed by atoms with van der Waals surface area (Å²) in [6, 6.07) is 33.6. The molecule has 0 N–H and O–H groups in total. The molecular formula is C36H37N7O2S.